The normalized spacial score (nSPS) is 17.7. The quantitative estimate of drug-likeness (QED) is 0.400. The van der Waals surface area contributed by atoms with Crippen LogP contribution >= 0.6 is 0 Å². The van der Waals surface area contributed by atoms with Crippen LogP contribution in [0.3, 0.4) is 0 Å². The van der Waals surface area contributed by atoms with Gasteiger partial charge in [0.1, 0.15) is 11.4 Å². The molecule has 3 heterocycles. The largest absolute Gasteiger partial charge is 0.484 e. The molecule has 1 aliphatic rings. The van der Waals surface area contributed by atoms with E-state index < -0.39 is 0 Å². The molecule has 0 bridgehead atoms. The molecule has 2 N–H and O–H groups in total. The molecule has 0 aliphatic heterocycles. The molecule has 0 spiro atoms. The van der Waals surface area contributed by atoms with Crippen LogP contribution in [-0.4, -0.2) is 49.2 Å². The molecule has 4 aromatic rings. The zero-order valence-electron chi connectivity index (χ0n) is 21.0. The fourth-order valence-electron chi connectivity index (χ4n) is 4.73. The average Bonchev–Trinajstić information content (AvgIpc) is 3.28. The van der Waals surface area contributed by atoms with Gasteiger partial charge in [-0.2, -0.15) is 10.2 Å². The van der Waals surface area contributed by atoms with Crippen LogP contribution in [-0.2, 0) is 4.79 Å². The minimum absolute atomic E-state index is 0.0690. The van der Waals surface area contributed by atoms with Crippen molar-refractivity contribution in [2.24, 2.45) is 0 Å². The number of hydrogen-bond donors (Lipinski definition) is 2. The molecule has 0 unspecified atom stereocenters. The molecule has 9 nitrogen and oxygen atoms in total. The van der Waals surface area contributed by atoms with E-state index in [2.05, 4.69) is 10.4 Å². The predicted octanol–water partition coefficient (Wildman–Crippen LogP) is 3.60. The third kappa shape index (κ3) is 5.41. The Labute approximate surface area is 214 Å². The van der Waals surface area contributed by atoms with Gasteiger partial charge in [-0.3, -0.25) is 9.59 Å². The number of aliphatic hydroxyl groups is 1. The van der Waals surface area contributed by atoms with Gasteiger partial charge in [-0.1, -0.05) is 30.3 Å². The molecule has 1 amide bonds. The summed E-state index contributed by atoms with van der Waals surface area (Å²) in [6.07, 6.45) is 4.47. The van der Waals surface area contributed by atoms with E-state index in [4.69, 9.17) is 9.84 Å². The van der Waals surface area contributed by atoms with E-state index in [1.807, 2.05) is 50.2 Å². The summed E-state index contributed by atoms with van der Waals surface area (Å²) in [6, 6.07) is 16.6. The molecule has 5 rings (SSSR count). The number of aromatic nitrogens is 4. The highest BCUT2D eigenvalue weighted by Crippen LogP contribution is 2.35. The highest BCUT2D eigenvalue weighted by Gasteiger charge is 2.22. The number of nitrogens with zero attached hydrogens (tertiary/aromatic N) is 4. The highest BCUT2D eigenvalue weighted by molar-refractivity contribution is 5.91. The number of fused-ring (bicyclic) bond motifs is 1. The van der Waals surface area contributed by atoms with Crippen LogP contribution in [0.4, 0.5) is 0 Å². The lowest BCUT2D eigenvalue weighted by atomic mass is 9.93. The summed E-state index contributed by atoms with van der Waals surface area (Å²) in [5, 5.41) is 22.1. The number of aliphatic hydroxyl groups excluding tert-OH is 1. The van der Waals surface area contributed by atoms with Crippen molar-refractivity contribution in [1.29, 1.82) is 0 Å². The first kappa shape index (κ1) is 24.7. The maximum Gasteiger partial charge on any atom is 0.267 e. The molecular formula is C28H31N5O4. The lowest BCUT2D eigenvalue weighted by Crippen LogP contribution is -2.40. The standard InChI is InChI=1S/C28H31N5O4/c1-18(2)33-26(36)13-12-23(30-33)27-24-16-22(37-17-25(35)29-20-8-10-21(34)11-9-20)14-15-32(24)31-28(27)19-6-4-3-5-7-19/h3-7,12-16,18,20-21,34H,8-11,17H2,1-2H3,(H,29,35). The number of amides is 1. The SMILES string of the molecule is CC(C)n1nc(-c2c(-c3ccccc3)nn3ccc(OCC(=O)NC4CCC(O)CC4)cc23)ccc1=O. The molecule has 0 saturated heterocycles. The Morgan fingerprint density at radius 1 is 1.08 bits per heavy atom. The molecule has 1 aliphatic carbocycles. The zero-order chi connectivity index (χ0) is 25.9. The minimum Gasteiger partial charge on any atom is -0.484 e. The van der Waals surface area contributed by atoms with Crippen LogP contribution < -0.4 is 15.6 Å². The fraction of sp³-hybridized carbons (Fsp3) is 0.357. The van der Waals surface area contributed by atoms with Crippen LogP contribution in [0.25, 0.3) is 28.0 Å². The summed E-state index contributed by atoms with van der Waals surface area (Å²) >= 11 is 0. The number of ether oxygens (including phenoxy) is 1. The first-order valence-corrected chi connectivity index (χ1v) is 12.7. The third-order valence-electron chi connectivity index (χ3n) is 6.66. The monoisotopic (exact) mass is 501 g/mol. The Morgan fingerprint density at radius 3 is 2.57 bits per heavy atom. The highest BCUT2D eigenvalue weighted by atomic mass is 16.5. The zero-order valence-corrected chi connectivity index (χ0v) is 21.0. The van der Waals surface area contributed by atoms with E-state index in [1.54, 1.807) is 22.8 Å². The second kappa shape index (κ2) is 10.6. The lowest BCUT2D eigenvalue weighted by molar-refractivity contribution is -0.124. The molecule has 3 aromatic heterocycles. The molecule has 1 aromatic carbocycles. The van der Waals surface area contributed by atoms with Gasteiger partial charge in [-0.15, -0.1) is 0 Å². The molecule has 1 fully saturated rings. The second-order valence-corrected chi connectivity index (χ2v) is 9.74. The Morgan fingerprint density at radius 2 is 1.84 bits per heavy atom. The Hall–Kier alpha value is -3.98. The topological polar surface area (TPSA) is 111 Å². The van der Waals surface area contributed by atoms with Gasteiger partial charge in [0.25, 0.3) is 11.5 Å². The molecular weight excluding hydrogens is 470 g/mol. The van der Waals surface area contributed by atoms with Crippen molar-refractivity contribution in [3.63, 3.8) is 0 Å². The number of carbonyl (C=O) groups is 1. The smallest absolute Gasteiger partial charge is 0.267 e. The summed E-state index contributed by atoms with van der Waals surface area (Å²) in [4.78, 5) is 24.9. The van der Waals surface area contributed by atoms with Crippen LogP contribution in [0.5, 0.6) is 5.75 Å². The predicted molar refractivity (Wildman–Crippen MR) is 140 cm³/mol. The van der Waals surface area contributed by atoms with E-state index in [9.17, 15) is 14.7 Å². The summed E-state index contributed by atoms with van der Waals surface area (Å²) < 4.78 is 9.06. The maximum atomic E-state index is 12.5. The first-order chi connectivity index (χ1) is 17.9. The van der Waals surface area contributed by atoms with Crippen LogP contribution in [0.2, 0.25) is 0 Å². The van der Waals surface area contributed by atoms with Gasteiger partial charge in [0, 0.05) is 29.9 Å². The van der Waals surface area contributed by atoms with E-state index in [1.165, 1.54) is 10.7 Å². The van der Waals surface area contributed by atoms with Crippen molar-refractivity contribution >= 4 is 11.4 Å². The molecule has 192 valence electrons. The molecule has 0 atom stereocenters. The summed E-state index contributed by atoms with van der Waals surface area (Å²) in [6.45, 7) is 3.72. The number of rotatable bonds is 7. The number of pyridine rings is 1. The van der Waals surface area contributed by atoms with Crippen LogP contribution in [0.15, 0.2) is 65.6 Å². The molecule has 9 heteroatoms. The van der Waals surface area contributed by atoms with E-state index >= 15 is 0 Å². The van der Waals surface area contributed by atoms with E-state index in [0.29, 0.717) is 24.3 Å². The van der Waals surface area contributed by atoms with Gasteiger partial charge < -0.3 is 15.2 Å². The third-order valence-corrected chi connectivity index (χ3v) is 6.66. The Balaban J connectivity index is 1.47. The number of hydrogen-bond acceptors (Lipinski definition) is 6. The number of carbonyl (C=O) groups excluding carboxylic acids is 1. The molecule has 1 saturated carbocycles. The van der Waals surface area contributed by atoms with E-state index in [-0.39, 0.29) is 36.3 Å². The van der Waals surface area contributed by atoms with Gasteiger partial charge >= 0.3 is 0 Å². The first-order valence-electron chi connectivity index (χ1n) is 12.7. The Kier molecular flexibility index (Phi) is 7.05. The van der Waals surface area contributed by atoms with Crippen molar-refractivity contribution in [2.45, 2.75) is 57.7 Å². The van der Waals surface area contributed by atoms with Crippen molar-refractivity contribution in [1.82, 2.24) is 24.7 Å². The maximum absolute atomic E-state index is 12.5. The lowest BCUT2D eigenvalue weighted by Gasteiger charge is -2.26. The van der Waals surface area contributed by atoms with Gasteiger partial charge in [0.2, 0.25) is 0 Å². The number of nitrogens with one attached hydrogen (secondary N) is 1. The summed E-state index contributed by atoms with van der Waals surface area (Å²) in [5.74, 6) is 0.338. The average molecular weight is 502 g/mol. The Bertz CT molecular complexity index is 1450. The minimum atomic E-state index is -0.267. The summed E-state index contributed by atoms with van der Waals surface area (Å²) in [7, 11) is 0. The van der Waals surface area contributed by atoms with Gasteiger partial charge in [-0.25, -0.2) is 9.20 Å². The van der Waals surface area contributed by atoms with Gasteiger partial charge in [0.05, 0.1) is 28.9 Å². The van der Waals surface area contributed by atoms with Crippen molar-refractivity contribution in [3.05, 3.63) is 71.1 Å². The van der Waals surface area contributed by atoms with Gasteiger partial charge in [-0.05, 0) is 51.7 Å². The molecule has 37 heavy (non-hydrogen) atoms. The van der Waals surface area contributed by atoms with Crippen molar-refractivity contribution < 1.29 is 14.6 Å². The second-order valence-electron chi connectivity index (χ2n) is 9.74. The van der Waals surface area contributed by atoms with E-state index in [0.717, 1.165) is 35.2 Å². The number of benzene rings is 1. The fourth-order valence-corrected chi connectivity index (χ4v) is 4.73. The molecule has 0 radical (unpaired) electrons. The van der Waals surface area contributed by atoms with Gasteiger partial charge in [0.15, 0.2) is 6.61 Å². The van der Waals surface area contributed by atoms with Crippen LogP contribution in [0.1, 0.15) is 45.6 Å². The van der Waals surface area contributed by atoms with Crippen LogP contribution in [0, 0.1) is 0 Å². The van der Waals surface area contributed by atoms with Crippen molar-refractivity contribution in [2.75, 3.05) is 6.61 Å². The van der Waals surface area contributed by atoms with Crippen molar-refractivity contribution in [3.8, 4) is 28.3 Å². The summed E-state index contributed by atoms with van der Waals surface area (Å²) in [5.41, 5.74) is 3.63.